The highest BCUT2D eigenvalue weighted by atomic mass is 32.1. The maximum atomic E-state index is 12.6. The number of nitrogens with zero attached hydrogens (tertiary/aromatic N) is 6. The van der Waals surface area contributed by atoms with Crippen molar-refractivity contribution in [2.75, 3.05) is 25.5 Å². The summed E-state index contributed by atoms with van der Waals surface area (Å²) in [5.74, 6) is 0.983. The maximum absolute atomic E-state index is 12.6. The molecular weight excluding hydrogens is 404 g/mol. The van der Waals surface area contributed by atoms with Gasteiger partial charge in [-0.3, -0.25) is 5.32 Å². The Morgan fingerprint density at radius 3 is 2.90 bits per heavy atom. The van der Waals surface area contributed by atoms with Crippen LogP contribution in [0.3, 0.4) is 0 Å². The van der Waals surface area contributed by atoms with Gasteiger partial charge in [0.05, 0.1) is 25.2 Å². The zero-order valence-electron chi connectivity index (χ0n) is 16.3. The number of ether oxygens (including phenoxy) is 1. The normalized spacial score (nSPS) is 23.4. The van der Waals surface area contributed by atoms with Crippen LogP contribution in [0.5, 0.6) is 6.01 Å². The minimum atomic E-state index is -0.118. The Kier molecular flexibility index (Phi) is 3.91. The monoisotopic (exact) mass is 424 g/mol. The van der Waals surface area contributed by atoms with Crippen molar-refractivity contribution in [3.63, 3.8) is 0 Å². The Hall–Kier alpha value is -3.21. The molecule has 4 aromatic heterocycles. The van der Waals surface area contributed by atoms with Gasteiger partial charge in [-0.25, -0.2) is 14.8 Å². The molecule has 11 heteroatoms. The zero-order valence-corrected chi connectivity index (χ0v) is 17.1. The van der Waals surface area contributed by atoms with Crippen LogP contribution in [-0.2, 0) is 0 Å². The molecule has 1 saturated carbocycles. The van der Waals surface area contributed by atoms with Crippen molar-refractivity contribution >= 4 is 44.8 Å². The van der Waals surface area contributed by atoms with Crippen LogP contribution >= 0.6 is 11.5 Å². The lowest BCUT2D eigenvalue weighted by Gasteiger charge is -2.20. The Balaban J connectivity index is 1.17. The third kappa shape index (κ3) is 2.72. The van der Waals surface area contributed by atoms with E-state index in [-0.39, 0.29) is 12.0 Å². The van der Waals surface area contributed by atoms with Crippen LogP contribution < -0.4 is 10.1 Å². The lowest BCUT2D eigenvalue weighted by atomic mass is 10.0. The molecule has 0 spiro atoms. The molecule has 2 fully saturated rings. The van der Waals surface area contributed by atoms with Crippen LogP contribution in [0.25, 0.3) is 22.1 Å². The smallest absolute Gasteiger partial charge is 0.329 e. The van der Waals surface area contributed by atoms with E-state index in [4.69, 9.17) is 4.74 Å². The van der Waals surface area contributed by atoms with Crippen molar-refractivity contribution in [3.05, 3.63) is 24.8 Å². The summed E-state index contributed by atoms with van der Waals surface area (Å²) < 4.78 is 11.3. The number of methoxy groups -OCH3 is 1. The second kappa shape index (κ2) is 6.66. The molecular formula is C19H20N8O2S. The molecule has 2 unspecified atom stereocenters. The number of imidazole rings is 1. The minimum absolute atomic E-state index is 0.118. The number of carbonyl (C=O) groups excluding carboxylic acids is 1. The molecule has 2 N–H and O–H groups in total. The number of rotatable bonds is 3. The number of fused-ring (bicyclic) bond motifs is 4. The summed E-state index contributed by atoms with van der Waals surface area (Å²) in [6.07, 6.45) is 7.77. The fraction of sp³-hybridized carbons (Fsp3) is 0.421. The van der Waals surface area contributed by atoms with Crippen LogP contribution in [0.1, 0.15) is 18.9 Å². The first-order valence-electron chi connectivity index (χ1n) is 9.92. The summed E-state index contributed by atoms with van der Waals surface area (Å²) in [6, 6.07) is 2.61. The number of hydrogen-bond donors (Lipinski definition) is 2. The summed E-state index contributed by atoms with van der Waals surface area (Å²) in [5, 5.41) is 4.40. The highest BCUT2D eigenvalue weighted by molar-refractivity contribution is 7.10. The SMILES string of the molecule is COc1nsc(NC(=O)N2CC3CC(n4cnc5cnc6[nH]ccc6c54)C[C@H]3C2)n1. The van der Waals surface area contributed by atoms with Gasteiger partial charge < -0.3 is 19.2 Å². The van der Waals surface area contributed by atoms with E-state index in [1.54, 1.807) is 0 Å². The minimum Gasteiger partial charge on any atom is -0.466 e. The van der Waals surface area contributed by atoms with Gasteiger partial charge in [0.1, 0.15) is 11.2 Å². The predicted octanol–water partition coefficient (Wildman–Crippen LogP) is 2.89. The summed E-state index contributed by atoms with van der Waals surface area (Å²) in [6.45, 7) is 1.52. The highest BCUT2D eigenvalue weighted by Crippen LogP contribution is 2.45. The van der Waals surface area contributed by atoms with Gasteiger partial charge in [0.15, 0.2) is 0 Å². The molecule has 4 aromatic rings. The second-order valence-corrected chi connectivity index (χ2v) is 8.70. The number of carbonyl (C=O) groups is 1. The third-order valence-corrected chi connectivity index (χ3v) is 6.94. The number of H-pyrrole nitrogens is 1. The molecule has 2 aliphatic rings. The number of aromatic nitrogens is 6. The lowest BCUT2D eigenvalue weighted by Crippen LogP contribution is -2.34. The number of pyridine rings is 1. The van der Waals surface area contributed by atoms with Gasteiger partial charge in [0, 0.05) is 42.2 Å². The average Bonchev–Trinajstić information content (AvgIpc) is 3.53. The quantitative estimate of drug-likeness (QED) is 0.523. The standard InChI is InChI=1S/C19H20N8O2S/c1-29-17-23-18(30-25-17)24-19(28)26-7-10-4-12(5-11(10)8-26)27-9-22-14-6-21-16-13(15(14)27)2-3-20-16/h2-3,6,9-12H,4-5,7-8H2,1H3,(H,20,21)(H,23,24,25,28)/t10-,11?,12?/m0/s1. The highest BCUT2D eigenvalue weighted by Gasteiger charge is 2.43. The van der Waals surface area contributed by atoms with E-state index < -0.39 is 0 Å². The van der Waals surface area contributed by atoms with Gasteiger partial charge in [0.2, 0.25) is 5.13 Å². The zero-order chi connectivity index (χ0) is 20.2. The fourth-order valence-electron chi connectivity index (χ4n) is 4.98. The summed E-state index contributed by atoms with van der Waals surface area (Å²) in [4.78, 5) is 30.8. The molecule has 1 aliphatic heterocycles. The van der Waals surface area contributed by atoms with E-state index in [2.05, 4.69) is 40.3 Å². The van der Waals surface area contributed by atoms with Gasteiger partial charge >= 0.3 is 12.0 Å². The van der Waals surface area contributed by atoms with Crippen LogP contribution in [-0.4, -0.2) is 60.0 Å². The van der Waals surface area contributed by atoms with Crippen LogP contribution in [0.15, 0.2) is 24.8 Å². The van der Waals surface area contributed by atoms with Crippen molar-refractivity contribution in [2.24, 2.45) is 11.8 Å². The Morgan fingerprint density at radius 1 is 1.30 bits per heavy atom. The van der Waals surface area contributed by atoms with E-state index in [9.17, 15) is 4.79 Å². The summed E-state index contributed by atoms with van der Waals surface area (Å²) in [5.41, 5.74) is 2.96. The molecule has 10 nitrogen and oxygen atoms in total. The van der Waals surface area contributed by atoms with E-state index in [1.165, 1.54) is 7.11 Å². The largest absolute Gasteiger partial charge is 0.466 e. The van der Waals surface area contributed by atoms with Crippen molar-refractivity contribution in [1.29, 1.82) is 0 Å². The van der Waals surface area contributed by atoms with E-state index in [1.807, 2.05) is 23.6 Å². The Labute approximate surface area is 175 Å². The lowest BCUT2D eigenvalue weighted by molar-refractivity contribution is 0.217. The molecule has 154 valence electrons. The predicted molar refractivity (Wildman–Crippen MR) is 112 cm³/mol. The van der Waals surface area contributed by atoms with Crippen molar-refractivity contribution in [2.45, 2.75) is 18.9 Å². The average molecular weight is 424 g/mol. The number of nitrogens with one attached hydrogen (secondary N) is 2. The second-order valence-electron chi connectivity index (χ2n) is 7.95. The molecule has 30 heavy (non-hydrogen) atoms. The topological polar surface area (TPSA) is 114 Å². The number of hydrogen-bond acceptors (Lipinski definition) is 7. The van der Waals surface area contributed by atoms with Crippen LogP contribution in [0, 0.1) is 11.8 Å². The van der Waals surface area contributed by atoms with Crippen LogP contribution in [0.4, 0.5) is 9.93 Å². The van der Waals surface area contributed by atoms with Crippen molar-refractivity contribution in [1.82, 2.24) is 33.8 Å². The van der Waals surface area contributed by atoms with Gasteiger partial charge in [-0.05, 0) is 30.7 Å². The van der Waals surface area contributed by atoms with Gasteiger partial charge in [0.25, 0.3) is 0 Å². The number of urea groups is 1. The maximum Gasteiger partial charge on any atom is 0.329 e. The van der Waals surface area contributed by atoms with Gasteiger partial charge in [-0.1, -0.05) is 0 Å². The number of anilines is 1. The molecule has 3 atom stereocenters. The first kappa shape index (κ1) is 17.6. The Morgan fingerprint density at radius 2 is 2.13 bits per heavy atom. The first-order valence-corrected chi connectivity index (χ1v) is 10.7. The third-order valence-electron chi connectivity index (χ3n) is 6.33. The number of likely N-dealkylation sites (tertiary alicyclic amines) is 1. The molecule has 1 aliphatic carbocycles. The molecule has 0 bridgehead atoms. The summed E-state index contributed by atoms with van der Waals surface area (Å²) in [7, 11) is 1.51. The van der Waals surface area contributed by atoms with E-state index in [0.717, 1.165) is 59.5 Å². The number of aromatic amines is 1. The molecule has 6 rings (SSSR count). The Bertz CT molecular complexity index is 1230. The van der Waals surface area contributed by atoms with Gasteiger partial charge in [-0.15, -0.1) is 4.37 Å². The molecule has 2 amide bonds. The molecule has 0 radical (unpaired) electrons. The molecule has 5 heterocycles. The van der Waals surface area contributed by atoms with Crippen molar-refractivity contribution in [3.8, 4) is 6.01 Å². The van der Waals surface area contributed by atoms with Crippen LogP contribution in [0.2, 0.25) is 0 Å². The first-order chi connectivity index (χ1) is 14.7. The number of amides is 2. The van der Waals surface area contributed by atoms with Gasteiger partial charge in [-0.2, -0.15) is 4.98 Å². The fourth-order valence-corrected chi connectivity index (χ4v) is 5.52. The summed E-state index contributed by atoms with van der Waals surface area (Å²) >= 11 is 1.12. The van der Waals surface area contributed by atoms with Crippen molar-refractivity contribution < 1.29 is 9.53 Å². The molecule has 1 saturated heterocycles. The van der Waals surface area contributed by atoms with E-state index >= 15 is 0 Å². The van der Waals surface area contributed by atoms with E-state index in [0.29, 0.717) is 23.0 Å². The molecule has 0 aromatic carbocycles.